The first-order chi connectivity index (χ1) is 11.8. The predicted octanol–water partition coefficient (Wildman–Crippen LogP) is 4.38. The maximum Gasteiger partial charge on any atom is 0.117 e. The summed E-state index contributed by atoms with van der Waals surface area (Å²) in [7, 11) is 1.82. The highest BCUT2D eigenvalue weighted by atomic mass is 16.5. The number of benzene rings is 1. The van der Waals surface area contributed by atoms with Crippen LogP contribution < -0.4 is 0 Å². The summed E-state index contributed by atoms with van der Waals surface area (Å²) >= 11 is 0. The van der Waals surface area contributed by atoms with Crippen molar-refractivity contribution in [2.24, 2.45) is 0 Å². The van der Waals surface area contributed by atoms with Crippen molar-refractivity contribution in [3.8, 4) is 11.3 Å². The average molecular weight is 321 g/mol. The van der Waals surface area contributed by atoms with E-state index in [-0.39, 0.29) is 0 Å². The molecule has 0 atom stereocenters. The number of methoxy groups -OCH3 is 1. The average Bonchev–Trinajstić information content (AvgIpc) is 3.02. The number of ether oxygens (including phenoxy) is 1. The molecule has 0 bridgehead atoms. The van der Waals surface area contributed by atoms with Crippen molar-refractivity contribution in [2.75, 3.05) is 7.11 Å². The normalized spacial score (nSPS) is 21.2. The fraction of sp³-hybridized carbons (Fsp3) is 0.400. The highest BCUT2D eigenvalue weighted by Gasteiger charge is 2.26. The van der Waals surface area contributed by atoms with Gasteiger partial charge in [0.2, 0.25) is 0 Å². The van der Waals surface area contributed by atoms with Gasteiger partial charge in [-0.25, -0.2) is 4.98 Å². The van der Waals surface area contributed by atoms with E-state index in [1.54, 1.807) is 0 Å². The van der Waals surface area contributed by atoms with Crippen LogP contribution in [-0.2, 0) is 4.74 Å². The Morgan fingerprint density at radius 3 is 2.54 bits per heavy atom. The molecule has 0 spiro atoms. The van der Waals surface area contributed by atoms with Crippen LogP contribution in [0, 0.1) is 6.92 Å². The lowest BCUT2D eigenvalue weighted by atomic mass is 9.87. The zero-order valence-electron chi connectivity index (χ0n) is 14.3. The molecule has 3 aromatic rings. The van der Waals surface area contributed by atoms with Crippen LogP contribution in [0.1, 0.15) is 43.0 Å². The number of hydrogen-bond donors (Lipinski definition) is 0. The Morgan fingerprint density at radius 2 is 1.83 bits per heavy atom. The maximum atomic E-state index is 5.51. The highest BCUT2D eigenvalue weighted by Crippen LogP contribution is 2.36. The van der Waals surface area contributed by atoms with Crippen molar-refractivity contribution >= 4 is 5.52 Å². The lowest BCUT2D eigenvalue weighted by molar-refractivity contribution is 0.0650. The van der Waals surface area contributed by atoms with Gasteiger partial charge in [0, 0.05) is 31.0 Å². The van der Waals surface area contributed by atoms with E-state index in [1.165, 1.54) is 5.56 Å². The molecule has 0 N–H and O–H groups in total. The van der Waals surface area contributed by atoms with Crippen LogP contribution >= 0.6 is 0 Å². The molecule has 2 heterocycles. The quantitative estimate of drug-likeness (QED) is 0.719. The number of aryl methyl sites for hydroxylation is 1. The number of aromatic nitrogens is 3. The smallest absolute Gasteiger partial charge is 0.117 e. The van der Waals surface area contributed by atoms with Gasteiger partial charge in [-0.3, -0.25) is 9.38 Å². The number of rotatable bonds is 3. The Kier molecular flexibility index (Phi) is 4.07. The molecule has 4 nitrogen and oxygen atoms in total. The topological polar surface area (TPSA) is 39.4 Å². The number of nitrogens with zero attached hydrogens (tertiary/aromatic N) is 3. The minimum atomic E-state index is 0.408. The molecule has 0 saturated heterocycles. The predicted molar refractivity (Wildman–Crippen MR) is 95.2 cm³/mol. The molecule has 4 rings (SSSR count). The summed E-state index contributed by atoms with van der Waals surface area (Å²) < 4.78 is 7.73. The molecule has 24 heavy (non-hydrogen) atoms. The Bertz CT molecular complexity index is 830. The molecule has 1 fully saturated rings. The molecule has 0 amide bonds. The van der Waals surface area contributed by atoms with Crippen LogP contribution in [0.3, 0.4) is 0 Å². The molecule has 0 radical (unpaired) electrons. The number of hydrogen-bond acceptors (Lipinski definition) is 3. The van der Waals surface area contributed by atoms with E-state index in [1.807, 2.05) is 25.7 Å². The Balaban J connectivity index is 1.76. The molecule has 0 aliphatic heterocycles. The standard InChI is InChI=1S/C20H23N3O/c1-14-3-5-15(6-4-14)19-18-13-21-11-12-23(18)20(22-19)16-7-9-17(24-2)10-8-16/h3-6,11-13,16-17H,7-10H2,1-2H3. The second-order valence-corrected chi connectivity index (χ2v) is 6.73. The summed E-state index contributed by atoms with van der Waals surface area (Å²) in [6, 6.07) is 8.58. The third-order valence-corrected chi connectivity index (χ3v) is 5.17. The fourth-order valence-corrected chi connectivity index (χ4v) is 3.73. The summed E-state index contributed by atoms with van der Waals surface area (Å²) in [5.41, 5.74) is 4.54. The zero-order chi connectivity index (χ0) is 16.5. The molecule has 1 saturated carbocycles. The molecular weight excluding hydrogens is 298 g/mol. The van der Waals surface area contributed by atoms with Crippen LogP contribution in [0.4, 0.5) is 0 Å². The first-order valence-electron chi connectivity index (χ1n) is 8.68. The summed E-state index contributed by atoms with van der Waals surface area (Å²) in [5.74, 6) is 1.66. The van der Waals surface area contributed by atoms with E-state index >= 15 is 0 Å². The van der Waals surface area contributed by atoms with Crippen molar-refractivity contribution in [1.29, 1.82) is 0 Å². The van der Waals surface area contributed by atoms with Gasteiger partial charge in [0.25, 0.3) is 0 Å². The van der Waals surface area contributed by atoms with E-state index in [4.69, 9.17) is 9.72 Å². The maximum absolute atomic E-state index is 5.51. The van der Waals surface area contributed by atoms with E-state index in [0.717, 1.165) is 48.3 Å². The van der Waals surface area contributed by atoms with Gasteiger partial charge in [0.15, 0.2) is 0 Å². The van der Waals surface area contributed by atoms with Crippen molar-refractivity contribution in [3.05, 3.63) is 54.2 Å². The van der Waals surface area contributed by atoms with Gasteiger partial charge >= 0.3 is 0 Å². The molecule has 2 aromatic heterocycles. The Labute approximate surface area is 142 Å². The second-order valence-electron chi connectivity index (χ2n) is 6.73. The lowest BCUT2D eigenvalue weighted by Gasteiger charge is -2.26. The Hall–Kier alpha value is -2.20. The number of fused-ring (bicyclic) bond motifs is 1. The summed E-state index contributed by atoms with van der Waals surface area (Å²) in [4.78, 5) is 9.37. The molecule has 4 heteroatoms. The van der Waals surface area contributed by atoms with E-state index in [9.17, 15) is 0 Å². The molecule has 1 aromatic carbocycles. The highest BCUT2D eigenvalue weighted by molar-refractivity contribution is 5.77. The monoisotopic (exact) mass is 321 g/mol. The molecule has 1 aliphatic rings. The molecule has 124 valence electrons. The van der Waals surface area contributed by atoms with Crippen LogP contribution in [0.2, 0.25) is 0 Å². The van der Waals surface area contributed by atoms with Gasteiger partial charge in [0.05, 0.1) is 23.5 Å². The minimum Gasteiger partial charge on any atom is -0.381 e. The van der Waals surface area contributed by atoms with Gasteiger partial charge in [0.1, 0.15) is 5.82 Å². The van der Waals surface area contributed by atoms with Crippen LogP contribution in [0.5, 0.6) is 0 Å². The van der Waals surface area contributed by atoms with Gasteiger partial charge in [-0.15, -0.1) is 0 Å². The SMILES string of the molecule is COC1CCC(c2nc(-c3ccc(C)cc3)c3cnccn23)CC1. The first-order valence-corrected chi connectivity index (χ1v) is 8.68. The van der Waals surface area contributed by atoms with Crippen molar-refractivity contribution < 1.29 is 4.74 Å². The third-order valence-electron chi connectivity index (χ3n) is 5.17. The van der Waals surface area contributed by atoms with Gasteiger partial charge in [-0.1, -0.05) is 29.8 Å². The zero-order valence-corrected chi connectivity index (χ0v) is 14.3. The molecular formula is C20H23N3O. The lowest BCUT2D eigenvalue weighted by Crippen LogP contribution is -2.20. The first kappa shape index (κ1) is 15.3. The van der Waals surface area contributed by atoms with E-state index < -0.39 is 0 Å². The summed E-state index contributed by atoms with van der Waals surface area (Å²) in [6.07, 6.45) is 10.7. The van der Waals surface area contributed by atoms with Gasteiger partial charge in [-0.2, -0.15) is 0 Å². The third kappa shape index (κ3) is 2.71. The van der Waals surface area contributed by atoms with E-state index in [2.05, 4.69) is 40.6 Å². The van der Waals surface area contributed by atoms with Gasteiger partial charge < -0.3 is 4.74 Å². The van der Waals surface area contributed by atoms with E-state index in [0.29, 0.717) is 12.0 Å². The molecule has 1 aliphatic carbocycles. The van der Waals surface area contributed by atoms with Crippen LogP contribution in [0.15, 0.2) is 42.9 Å². The number of imidazole rings is 1. The van der Waals surface area contributed by atoms with Crippen molar-refractivity contribution in [2.45, 2.75) is 44.6 Å². The van der Waals surface area contributed by atoms with Crippen LogP contribution in [-0.4, -0.2) is 27.6 Å². The van der Waals surface area contributed by atoms with Crippen molar-refractivity contribution in [1.82, 2.24) is 14.4 Å². The fourth-order valence-electron chi connectivity index (χ4n) is 3.73. The Morgan fingerprint density at radius 1 is 1.08 bits per heavy atom. The summed E-state index contributed by atoms with van der Waals surface area (Å²) in [5, 5.41) is 0. The second kappa shape index (κ2) is 6.36. The summed E-state index contributed by atoms with van der Waals surface area (Å²) in [6.45, 7) is 2.11. The van der Waals surface area contributed by atoms with Gasteiger partial charge in [-0.05, 0) is 32.6 Å². The largest absolute Gasteiger partial charge is 0.381 e. The van der Waals surface area contributed by atoms with Crippen molar-refractivity contribution in [3.63, 3.8) is 0 Å². The minimum absolute atomic E-state index is 0.408. The molecule has 0 unspecified atom stereocenters. The van der Waals surface area contributed by atoms with Crippen LogP contribution in [0.25, 0.3) is 16.8 Å².